The van der Waals surface area contributed by atoms with Crippen LogP contribution in [0.4, 0.5) is 0 Å². The third-order valence-corrected chi connectivity index (χ3v) is 2.42. The summed E-state index contributed by atoms with van der Waals surface area (Å²) in [7, 11) is 4.44. The lowest BCUT2D eigenvalue weighted by Gasteiger charge is -2.14. The van der Waals surface area contributed by atoms with E-state index in [9.17, 15) is 5.11 Å². The molecule has 0 aliphatic heterocycles. The number of halogens is 1. The highest BCUT2D eigenvalue weighted by Crippen LogP contribution is 2.43. The fraction of sp³-hybridized carbons (Fsp3) is 0.400. The van der Waals surface area contributed by atoms with E-state index >= 15 is 0 Å². The average Bonchev–Trinajstić information content (AvgIpc) is 2.30. The molecule has 0 atom stereocenters. The molecule has 0 bridgehead atoms. The van der Waals surface area contributed by atoms with Crippen LogP contribution in [0, 0.1) is 0 Å². The Kier molecular flexibility index (Phi) is 4.67. The number of rotatable bonds is 5. The first-order valence-corrected chi connectivity index (χ1v) is 4.91. The molecule has 0 fully saturated rings. The van der Waals surface area contributed by atoms with Gasteiger partial charge in [-0.2, -0.15) is 5.48 Å². The molecular formula is C10H14ClNO4. The summed E-state index contributed by atoms with van der Waals surface area (Å²) in [5.74, 6) is 0.713. The Labute approximate surface area is 98.8 Å². The minimum atomic E-state index is -0.0520. The van der Waals surface area contributed by atoms with Gasteiger partial charge in [-0.3, -0.25) is 0 Å². The number of benzene rings is 1. The Bertz CT molecular complexity index is 370. The molecule has 1 aromatic carbocycles. The van der Waals surface area contributed by atoms with Gasteiger partial charge in [-0.15, -0.1) is 0 Å². The first-order valence-electron chi connectivity index (χ1n) is 4.53. The van der Waals surface area contributed by atoms with Crippen molar-refractivity contribution in [3.63, 3.8) is 0 Å². The lowest BCUT2D eigenvalue weighted by molar-refractivity contribution is 0.0861. The molecule has 6 heteroatoms. The second kappa shape index (κ2) is 5.79. The Morgan fingerprint density at radius 3 is 2.50 bits per heavy atom. The number of ether oxygens (including phenoxy) is 2. The van der Waals surface area contributed by atoms with Crippen LogP contribution in [0.3, 0.4) is 0 Å². The molecule has 0 saturated carbocycles. The van der Waals surface area contributed by atoms with Crippen molar-refractivity contribution in [2.75, 3.05) is 21.3 Å². The molecule has 0 saturated heterocycles. The van der Waals surface area contributed by atoms with Crippen LogP contribution in [0.1, 0.15) is 5.56 Å². The standard InChI is InChI=1S/C10H14ClNO4/c1-14-7-4-6(5-12-16-3)9(13)8(11)10(7)15-2/h4,12-13H,5H2,1-3H3. The van der Waals surface area contributed by atoms with Crippen LogP contribution in [0.25, 0.3) is 0 Å². The lowest BCUT2D eigenvalue weighted by Crippen LogP contribution is -2.11. The largest absolute Gasteiger partial charge is 0.506 e. The predicted octanol–water partition coefficient (Wildman–Crippen LogP) is 1.71. The molecule has 1 rings (SSSR count). The van der Waals surface area contributed by atoms with Crippen molar-refractivity contribution in [3.05, 3.63) is 16.7 Å². The van der Waals surface area contributed by atoms with Crippen molar-refractivity contribution in [3.8, 4) is 17.2 Å². The summed E-state index contributed by atoms with van der Waals surface area (Å²) in [6.07, 6.45) is 0. The first kappa shape index (κ1) is 12.9. The second-order valence-electron chi connectivity index (χ2n) is 2.96. The zero-order valence-corrected chi connectivity index (χ0v) is 10.1. The van der Waals surface area contributed by atoms with Crippen LogP contribution in [-0.2, 0) is 11.4 Å². The number of nitrogens with one attached hydrogen (secondary N) is 1. The number of hydroxylamine groups is 1. The van der Waals surface area contributed by atoms with E-state index in [1.54, 1.807) is 6.07 Å². The summed E-state index contributed by atoms with van der Waals surface area (Å²) in [4.78, 5) is 4.69. The molecule has 2 N–H and O–H groups in total. The average molecular weight is 248 g/mol. The Balaban J connectivity index is 3.16. The fourth-order valence-corrected chi connectivity index (χ4v) is 1.57. The lowest BCUT2D eigenvalue weighted by atomic mass is 10.1. The van der Waals surface area contributed by atoms with Crippen molar-refractivity contribution in [1.29, 1.82) is 0 Å². The summed E-state index contributed by atoms with van der Waals surface area (Å²) in [5.41, 5.74) is 3.17. The molecule has 1 aromatic rings. The van der Waals surface area contributed by atoms with Crippen molar-refractivity contribution < 1.29 is 19.4 Å². The molecule has 0 heterocycles. The monoisotopic (exact) mass is 247 g/mol. The Hall–Kier alpha value is -1.17. The third kappa shape index (κ3) is 2.49. The summed E-state index contributed by atoms with van der Waals surface area (Å²) in [6, 6.07) is 1.63. The van der Waals surface area contributed by atoms with Gasteiger partial charge < -0.3 is 19.4 Å². The molecule has 0 aromatic heterocycles. The van der Waals surface area contributed by atoms with E-state index in [2.05, 4.69) is 5.48 Å². The molecule has 90 valence electrons. The maximum absolute atomic E-state index is 9.79. The van der Waals surface area contributed by atoms with Crippen LogP contribution < -0.4 is 15.0 Å². The topological polar surface area (TPSA) is 60.0 Å². The minimum Gasteiger partial charge on any atom is -0.506 e. The van der Waals surface area contributed by atoms with Crippen molar-refractivity contribution in [2.24, 2.45) is 0 Å². The Morgan fingerprint density at radius 1 is 1.31 bits per heavy atom. The van der Waals surface area contributed by atoms with Crippen LogP contribution in [-0.4, -0.2) is 26.4 Å². The van der Waals surface area contributed by atoms with Crippen LogP contribution >= 0.6 is 11.6 Å². The predicted molar refractivity (Wildman–Crippen MR) is 60.1 cm³/mol. The van der Waals surface area contributed by atoms with Gasteiger partial charge in [0.05, 0.1) is 21.3 Å². The van der Waals surface area contributed by atoms with Gasteiger partial charge in [-0.05, 0) is 6.07 Å². The highest BCUT2D eigenvalue weighted by atomic mass is 35.5. The van der Waals surface area contributed by atoms with Crippen LogP contribution in [0.15, 0.2) is 6.07 Å². The van der Waals surface area contributed by atoms with E-state index in [0.717, 1.165) is 0 Å². The summed E-state index contributed by atoms with van der Waals surface area (Å²) >= 11 is 5.94. The maximum atomic E-state index is 9.79. The van der Waals surface area contributed by atoms with Gasteiger partial charge in [0.15, 0.2) is 11.5 Å². The van der Waals surface area contributed by atoms with Crippen LogP contribution in [0.5, 0.6) is 17.2 Å². The van der Waals surface area contributed by atoms with E-state index in [1.165, 1.54) is 21.3 Å². The highest BCUT2D eigenvalue weighted by Gasteiger charge is 2.17. The Morgan fingerprint density at radius 2 is 2.00 bits per heavy atom. The number of phenolic OH excluding ortho intramolecular Hbond substituents is 1. The number of hydrogen-bond donors (Lipinski definition) is 2. The SMILES string of the molecule is CONCc1cc(OC)c(OC)c(Cl)c1O. The van der Waals surface area contributed by atoms with Crippen molar-refractivity contribution in [1.82, 2.24) is 5.48 Å². The van der Waals surface area contributed by atoms with Gasteiger partial charge in [0.25, 0.3) is 0 Å². The maximum Gasteiger partial charge on any atom is 0.183 e. The van der Waals surface area contributed by atoms with E-state index in [4.69, 9.17) is 25.9 Å². The fourth-order valence-electron chi connectivity index (χ4n) is 1.28. The molecule has 0 radical (unpaired) electrons. The quantitative estimate of drug-likeness (QED) is 0.776. The molecule has 0 aliphatic rings. The number of methoxy groups -OCH3 is 2. The normalized spacial score (nSPS) is 10.2. The van der Waals surface area contributed by atoms with Gasteiger partial charge in [-0.25, -0.2) is 0 Å². The van der Waals surface area contributed by atoms with Gasteiger partial charge in [0.2, 0.25) is 0 Å². The first-order chi connectivity index (χ1) is 7.65. The summed E-state index contributed by atoms with van der Waals surface area (Å²) < 4.78 is 10.1. The third-order valence-electron chi connectivity index (χ3n) is 2.07. The molecule has 0 amide bonds. The second-order valence-corrected chi connectivity index (χ2v) is 3.34. The molecule has 16 heavy (non-hydrogen) atoms. The molecule has 0 aliphatic carbocycles. The van der Waals surface area contributed by atoms with Gasteiger partial charge in [0, 0.05) is 12.1 Å². The van der Waals surface area contributed by atoms with E-state index in [-0.39, 0.29) is 10.8 Å². The van der Waals surface area contributed by atoms with Crippen LogP contribution in [0.2, 0.25) is 5.02 Å². The highest BCUT2D eigenvalue weighted by molar-refractivity contribution is 6.33. The van der Waals surface area contributed by atoms with Gasteiger partial charge in [0.1, 0.15) is 10.8 Å². The number of hydrogen-bond acceptors (Lipinski definition) is 5. The summed E-state index contributed by atoms with van der Waals surface area (Å²) in [5, 5.41) is 9.91. The zero-order valence-electron chi connectivity index (χ0n) is 9.33. The smallest absolute Gasteiger partial charge is 0.183 e. The summed E-state index contributed by atoms with van der Waals surface area (Å²) in [6.45, 7) is 0.308. The van der Waals surface area contributed by atoms with Gasteiger partial charge in [-0.1, -0.05) is 11.6 Å². The van der Waals surface area contributed by atoms with E-state index < -0.39 is 0 Å². The zero-order chi connectivity index (χ0) is 12.1. The number of aromatic hydroxyl groups is 1. The van der Waals surface area contributed by atoms with E-state index in [0.29, 0.717) is 23.6 Å². The van der Waals surface area contributed by atoms with Gasteiger partial charge >= 0.3 is 0 Å². The minimum absolute atomic E-state index is 0.0520. The molecule has 0 unspecified atom stereocenters. The molecule has 5 nitrogen and oxygen atoms in total. The van der Waals surface area contributed by atoms with Crippen molar-refractivity contribution >= 4 is 11.6 Å². The molecule has 0 spiro atoms. The van der Waals surface area contributed by atoms with Crippen molar-refractivity contribution in [2.45, 2.75) is 6.54 Å². The van der Waals surface area contributed by atoms with E-state index in [1.807, 2.05) is 0 Å². The number of phenols is 1. The molecular weight excluding hydrogens is 234 g/mol.